The third-order valence-electron chi connectivity index (χ3n) is 2.81. The highest BCUT2D eigenvalue weighted by atomic mass is 32.2. The first-order valence-corrected chi connectivity index (χ1v) is 6.92. The van der Waals surface area contributed by atoms with E-state index in [1.54, 1.807) is 24.8 Å². The largest absolute Gasteiger partial charge is 0.389 e. The highest BCUT2D eigenvalue weighted by molar-refractivity contribution is 7.99. The van der Waals surface area contributed by atoms with Gasteiger partial charge in [-0.2, -0.15) is 5.26 Å². The van der Waals surface area contributed by atoms with Crippen LogP contribution in [0.2, 0.25) is 0 Å². The minimum absolute atomic E-state index is 0.484. The molecule has 0 fully saturated rings. The summed E-state index contributed by atoms with van der Waals surface area (Å²) in [6.07, 6.45) is 0.664. The van der Waals surface area contributed by atoms with E-state index in [0.717, 1.165) is 22.6 Å². The molecule has 1 unspecified atom stereocenters. The number of hydrogen-bond donors (Lipinski definition) is 1. The molecular formula is C14H19NOS. The van der Waals surface area contributed by atoms with E-state index in [4.69, 9.17) is 5.26 Å². The molecule has 0 aliphatic carbocycles. The Balaban J connectivity index is 2.90. The van der Waals surface area contributed by atoms with E-state index >= 15 is 0 Å². The van der Waals surface area contributed by atoms with Crippen LogP contribution >= 0.6 is 11.8 Å². The first kappa shape index (κ1) is 14.1. The summed E-state index contributed by atoms with van der Waals surface area (Å²) in [4.78, 5) is 1.03. The topological polar surface area (TPSA) is 44.0 Å². The summed E-state index contributed by atoms with van der Waals surface area (Å²) in [6.45, 7) is 6.14. The van der Waals surface area contributed by atoms with Gasteiger partial charge in [-0.25, -0.2) is 0 Å². The molecule has 0 aromatic heterocycles. The van der Waals surface area contributed by atoms with Crippen molar-refractivity contribution in [2.24, 2.45) is 5.92 Å². The van der Waals surface area contributed by atoms with Gasteiger partial charge in [-0.05, 0) is 30.5 Å². The average molecular weight is 249 g/mol. The second-order valence-electron chi connectivity index (χ2n) is 4.36. The van der Waals surface area contributed by atoms with Crippen molar-refractivity contribution in [2.45, 2.75) is 38.2 Å². The van der Waals surface area contributed by atoms with Gasteiger partial charge < -0.3 is 5.11 Å². The molecule has 17 heavy (non-hydrogen) atoms. The van der Waals surface area contributed by atoms with E-state index in [1.807, 2.05) is 12.1 Å². The van der Waals surface area contributed by atoms with Crippen LogP contribution in [0.15, 0.2) is 23.1 Å². The summed E-state index contributed by atoms with van der Waals surface area (Å²) in [7, 11) is 0. The Hall–Kier alpha value is -0.980. The third-order valence-corrected chi connectivity index (χ3v) is 4.21. The predicted octanol–water partition coefficient (Wildman–Crippen LogP) is 3.75. The second-order valence-corrected chi connectivity index (χ2v) is 5.43. The van der Waals surface area contributed by atoms with Crippen molar-refractivity contribution in [3.63, 3.8) is 0 Å². The van der Waals surface area contributed by atoms with Gasteiger partial charge in [-0.1, -0.05) is 26.3 Å². The van der Waals surface area contributed by atoms with Gasteiger partial charge >= 0.3 is 0 Å². The molecule has 0 saturated heterocycles. The highest BCUT2D eigenvalue weighted by Crippen LogP contribution is 2.30. The van der Waals surface area contributed by atoms with Crippen LogP contribution in [0, 0.1) is 17.2 Å². The Labute approximate surface area is 108 Å². The number of benzene rings is 1. The Morgan fingerprint density at radius 1 is 1.41 bits per heavy atom. The Morgan fingerprint density at radius 3 is 2.65 bits per heavy atom. The molecule has 0 aliphatic rings. The van der Waals surface area contributed by atoms with Crippen LogP contribution in [0.3, 0.4) is 0 Å². The molecule has 2 nitrogen and oxygen atoms in total. The quantitative estimate of drug-likeness (QED) is 0.808. The van der Waals surface area contributed by atoms with Gasteiger partial charge in [0.25, 0.3) is 0 Å². The minimum atomic E-state index is -0.484. The van der Waals surface area contributed by atoms with Gasteiger partial charge in [0.1, 0.15) is 0 Å². The summed E-state index contributed by atoms with van der Waals surface area (Å²) in [5, 5.41) is 18.6. The lowest BCUT2D eigenvalue weighted by Gasteiger charge is -2.14. The molecule has 0 aliphatic heterocycles. The molecule has 1 aromatic rings. The van der Waals surface area contributed by atoms with Gasteiger partial charge in [0.05, 0.1) is 17.7 Å². The first-order chi connectivity index (χ1) is 8.08. The fraction of sp³-hybridized carbons (Fsp3) is 0.500. The summed E-state index contributed by atoms with van der Waals surface area (Å²) >= 11 is 1.73. The van der Waals surface area contributed by atoms with Crippen molar-refractivity contribution in [1.82, 2.24) is 0 Å². The molecule has 0 amide bonds. The van der Waals surface area contributed by atoms with E-state index in [9.17, 15) is 5.11 Å². The molecule has 1 rings (SSSR count). The van der Waals surface area contributed by atoms with E-state index in [0.29, 0.717) is 11.5 Å². The van der Waals surface area contributed by atoms with Crippen LogP contribution in [0.25, 0.3) is 0 Å². The fourth-order valence-corrected chi connectivity index (χ4v) is 2.74. The number of rotatable bonds is 5. The maximum Gasteiger partial charge on any atom is 0.0992 e. The summed E-state index contributed by atoms with van der Waals surface area (Å²) < 4.78 is 0. The molecule has 0 saturated carbocycles. The van der Waals surface area contributed by atoms with Crippen molar-refractivity contribution < 1.29 is 5.11 Å². The van der Waals surface area contributed by atoms with Crippen LogP contribution in [-0.2, 0) is 0 Å². The SMILES string of the molecule is CCC(C)CSc1cc(C#N)ccc1[C@H](C)O. The molecule has 92 valence electrons. The van der Waals surface area contributed by atoms with Gasteiger partial charge in [0.15, 0.2) is 0 Å². The average Bonchev–Trinajstić information content (AvgIpc) is 2.35. The van der Waals surface area contributed by atoms with Crippen molar-refractivity contribution >= 4 is 11.8 Å². The van der Waals surface area contributed by atoms with E-state index in [2.05, 4.69) is 19.9 Å². The zero-order chi connectivity index (χ0) is 12.8. The normalized spacial score (nSPS) is 14.1. The van der Waals surface area contributed by atoms with Crippen molar-refractivity contribution in [1.29, 1.82) is 5.26 Å². The summed E-state index contributed by atoms with van der Waals surface area (Å²) in [5.74, 6) is 1.66. The number of nitrogens with zero attached hydrogens (tertiary/aromatic N) is 1. The molecule has 3 heteroatoms. The number of nitriles is 1. The third kappa shape index (κ3) is 4.07. The van der Waals surface area contributed by atoms with Crippen LogP contribution in [-0.4, -0.2) is 10.9 Å². The summed E-state index contributed by atoms with van der Waals surface area (Å²) in [6, 6.07) is 7.62. The summed E-state index contributed by atoms with van der Waals surface area (Å²) in [5.41, 5.74) is 1.57. The van der Waals surface area contributed by atoms with Crippen LogP contribution in [0.4, 0.5) is 0 Å². The molecule has 2 atom stereocenters. The van der Waals surface area contributed by atoms with E-state index in [-0.39, 0.29) is 0 Å². The van der Waals surface area contributed by atoms with Gasteiger partial charge in [-0.15, -0.1) is 11.8 Å². The Kier molecular flexibility index (Phi) is 5.54. The zero-order valence-corrected chi connectivity index (χ0v) is 11.4. The highest BCUT2D eigenvalue weighted by Gasteiger charge is 2.10. The molecule has 0 radical (unpaired) electrons. The molecular weight excluding hydrogens is 230 g/mol. The van der Waals surface area contributed by atoms with Crippen molar-refractivity contribution in [3.8, 4) is 6.07 Å². The molecule has 0 heterocycles. The maximum absolute atomic E-state index is 9.69. The van der Waals surface area contributed by atoms with E-state index < -0.39 is 6.10 Å². The minimum Gasteiger partial charge on any atom is -0.389 e. The molecule has 1 N–H and O–H groups in total. The Morgan fingerprint density at radius 2 is 2.12 bits per heavy atom. The number of aliphatic hydroxyl groups excluding tert-OH is 1. The molecule has 1 aromatic carbocycles. The van der Waals surface area contributed by atoms with Crippen LogP contribution in [0.5, 0.6) is 0 Å². The number of thioether (sulfide) groups is 1. The number of hydrogen-bond acceptors (Lipinski definition) is 3. The van der Waals surface area contributed by atoms with Gasteiger partial charge in [0, 0.05) is 10.6 Å². The monoisotopic (exact) mass is 249 g/mol. The van der Waals surface area contributed by atoms with Gasteiger partial charge in [0.2, 0.25) is 0 Å². The second kappa shape index (κ2) is 6.68. The van der Waals surface area contributed by atoms with Crippen LogP contribution in [0.1, 0.15) is 44.4 Å². The number of aliphatic hydroxyl groups is 1. The van der Waals surface area contributed by atoms with Crippen LogP contribution < -0.4 is 0 Å². The molecule has 0 bridgehead atoms. The predicted molar refractivity (Wildman–Crippen MR) is 72.0 cm³/mol. The lowest BCUT2D eigenvalue weighted by Crippen LogP contribution is -1.99. The smallest absolute Gasteiger partial charge is 0.0992 e. The lowest BCUT2D eigenvalue weighted by molar-refractivity contribution is 0.196. The Bertz CT molecular complexity index is 409. The maximum atomic E-state index is 9.69. The molecule has 0 spiro atoms. The zero-order valence-electron chi connectivity index (χ0n) is 10.6. The first-order valence-electron chi connectivity index (χ1n) is 5.93. The van der Waals surface area contributed by atoms with E-state index in [1.165, 1.54) is 0 Å². The van der Waals surface area contributed by atoms with Gasteiger partial charge in [-0.3, -0.25) is 0 Å². The standard InChI is InChI=1S/C14H19NOS/c1-4-10(2)9-17-14-7-12(8-15)5-6-13(14)11(3)16/h5-7,10-11,16H,4,9H2,1-3H3/t10?,11-/m0/s1. The lowest BCUT2D eigenvalue weighted by atomic mass is 10.1. The fourth-order valence-electron chi connectivity index (χ4n) is 1.42. The van der Waals surface area contributed by atoms with Crippen molar-refractivity contribution in [3.05, 3.63) is 29.3 Å². The van der Waals surface area contributed by atoms with Crippen molar-refractivity contribution in [2.75, 3.05) is 5.75 Å².